The lowest BCUT2D eigenvalue weighted by Crippen LogP contribution is -2.38. The number of aliphatic carboxylic acids is 1. The third kappa shape index (κ3) is 1.28. The summed E-state index contributed by atoms with van der Waals surface area (Å²) in [6.07, 6.45) is 1.69. The van der Waals surface area contributed by atoms with Crippen LogP contribution in [0.2, 0.25) is 0 Å². The van der Waals surface area contributed by atoms with Crippen LogP contribution in [0.3, 0.4) is 0 Å². The Kier molecular flexibility index (Phi) is 2.51. The van der Waals surface area contributed by atoms with E-state index in [0.29, 0.717) is 0 Å². The number of carboxylic acid groups (broad SMARTS) is 1. The van der Waals surface area contributed by atoms with Gasteiger partial charge in [-0.25, -0.2) is 0 Å². The largest absolute Gasteiger partial charge is 0.481 e. The van der Waals surface area contributed by atoms with Crippen LogP contribution in [0.15, 0.2) is 11.1 Å². The van der Waals surface area contributed by atoms with Gasteiger partial charge in [0.15, 0.2) is 0 Å². The lowest BCUT2D eigenvalue weighted by atomic mass is 9.67. The third-order valence-corrected chi connectivity index (χ3v) is 4.08. The molecule has 0 radical (unpaired) electrons. The van der Waals surface area contributed by atoms with Crippen molar-refractivity contribution in [3.8, 4) is 0 Å². The van der Waals surface area contributed by atoms with Crippen molar-refractivity contribution in [1.29, 1.82) is 0 Å². The summed E-state index contributed by atoms with van der Waals surface area (Å²) in [6, 6.07) is 0. The second-order valence-electron chi connectivity index (χ2n) is 5.24. The number of rotatable bonds is 1. The number of carbonyl (C=O) groups is 1. The highest BCUT2D eigenvalue weighted by molar-refractivity contribution is 5.77. The van der Waals surface area contributed by atoms with Gasteiger partial charge < -0.3 is 5.11 Å². The SMILES string of the molecule is CC(C)=C1CCC(C)(C(=O)O)C1(C)C. The van der Waals surface area contributed by atoms with Crippen LogP contribution in [0, 0.1) is 10.8 Å². The maximum Gasteiger partial charge on any atom is 0.310 e. The van der Waals surface area contributed by atoms with Crippen LogP contribution in [0.1, 0.15) is 47.5 Å². The van der Waals surface area contributed by atoms with E-state index in [4.69, 9.17) is 0 Å². The second-order valence-corrected chi connectivity index (χ2v) is 5.24. The molecule has 1 rings (SSSR count). The van der Waals surface area contributed by atoms with E-state index < -0.39 is 11.4 Å². The quantitative estimate of drug-likeness (QED) is 0.654. The first-order valence-corrected chi connectivity index (χ1v) is 5.13. The maximum atomic E-state index is 11.3. The molecular weight excluding hydrogens is 176 g/mol. The van der Waals surface area contributed by atoms with Crippen molar-refractivity contribution in [2.24, 2.45) is 10.8 Å². The molecule has 1 fully saturated rings. The highest BCUT2D eigenvalue weighted by atomic mass is 16.4. The molecule has 0 aromatic heterocycles. The Morgan fingerprint density at radius 2 is 1.79 bits per heavy atom. The average Bonchev–Trinajstić information content (AvgIpc) is 2.24. The molecule has 1 aliphatic rings. The minimum absolute atomic E-state index is 0.211. The molecule has 14 heavy (non-hydrogen) atoms. The van der Waals surface area contributed by atoms with Gasteiger partial charge in [0.1, 0.15) is 0 Å². The van der Waals surface area contributed by atoms with Crippen LogP contribution in [-0.4, -0.2) is 11.1 Å². The van der Waals surface area contributed by atoms with E-state index >= 15 is 0 Å². The first-order valence-electron chi connectivity index (χ1n) is 5.13. The third-order valence-electron chi connectivity index (χ3n) is 4.08. The van der Waals surface area contributed by atoms with Crippen LogP contribution < -0.4 is 0 Å². The highest BCUT2D eigenvalue weighted by Gasteiger charge is 2.53. The van der Waals surface area contributed by atoms with Crippen molar-refractivity contribution in [3.05, 3.63) is 11.1 Å². The fourth-order valence-corrected chi connectivity index (χ4v) is 2.58. The molecule has 1 N–H and O–H groups in total. The normalized spacial score (nSPS) is 30.5. The number of allylic oxidation sites excluding steroid dienone is 2. The summed E-state index contributed by atoms with van der Waals surface area (Å²) in [5.74, 6) is -0.668. The van der Waals surface area contributed by atoms with E-state index in [0.717, 1.165) is 12.8 Å². The molecule has 1 saturated carbocycles. The maximum absolute atomic E-state index is 11.3. The van der Waals surface area contributed by atoms with Gasteiger partial charge in [0.05, 0.1) is 5.41 Å². The minimum atomic E-state index is -0.668. The van der Waals surface area contributed by atoms with Crippen molar-refractivity contribution in [2.75, 3.05) is 0 Å². The van der Waals surface area contributed by atoms with E-state index in [1.54, 1.807) is 0 Å². The molecule has 2 heteroatoms. The van der Waals surface area contributed by atoms with Gasteiger partial charge in [-0.3, -0.25) is 4.79 Å². The lowest BCUT2D eigenvalue weighted by molar-refractivity contribution is -0.152. The summed E-state index contributed by atoms with van der Waals surface area (Å²) in [4.78, 5) is 11.3. The predicted molar refractivity (Wildman–Crippen MR) is 57.1 cm³/mol. The lowest BCUT2D eigenvalue weighted by Gasteiger charge is -2.35. The number of carboxylic acids is 1. The van der Waals surface area contributed by atoms with Crippen molar-refractivity contribution < 1.29 is 9.90 Å². The monoisotopic (exact) mass is 196 g/mol. The Morgan fingerprint density at radius 3 is 2.00 bits per heavy atom. The molecule has 2 nitrogen and oxygen atoms in total. The topological polar surface area (TPSA) is 37.3 Å². The van der Waals surface area contributed by atoms with Gasteiger partial charge in [0.2, 0.25) is 0 Å². The molecular formula is C12H20O2. The number of hydrogen-bond donors (Lipinski definition) is 1. The number of hydrogen-bond acceptors (Lipinski definition) is 1. The molecule has 0 bridgehead atoms. The Balaban J connectivity index is 3.22. The zero-order valence-electron chi connectivity index (χ0n) is 9.77. The van der Waals surface area contributed by atoms with Gasteiger partial charge in [-0.1, -0.05) is 25.0 Å². The van der Waals surface area contributed by atoms with Crippen LogP contribution in [0.4, 0.5) is 0 Å². The van der Waals surface area contributed by atoms with Gasteiger partial charge in [0.25, 0.3) is 0 Å². The van der Waals surface area contributed by atoms with E-state index in [1.807, 2.05) is 6.92 Å². The smallest absolute Gasteiger partial charge is 0.310 e. The van der Waals surface area contributed by atoms with Crippen molar-refractivity contribution in [1.82, 2.24) is 0 Å². The van der Waals surface area contributed by atoms with Gasteiger partial charge in [-0.2, -0.15) is 0 Å². The molecule has 0 aromatic rings. The van der Waals surface area contributed by atoms with Crippen LogP contribution >= 0.6 is 0 Å². The summed E-state index contributed by atoms with van der Waals surface area (Å²) in [7, 11) is 0. The molecule has 1 atom stereocenters. The van der Waals surface area contributed by atoms with E-state index in [2.05, 4.69) is 27.7 Å². The van der Waals surface area contributed by atoms with Gasteiger partial charge >= 0.3 is 5.97 Å². The van der Waals surface area contributed by atoms with Gasteiger partial charge in [0, 0.05) is 5.41 Å². The Hall–Kier alpha value is -0.790. The first kappa shape index (κ1) is 11.3. The summed E-state index contributed by atoms with van der Waals surface area (Å²) in [5, 5.41) is 9.29. The van der Waals surface area contributed by atoms with E-state index in [9.17, 15) is 9.90 Å². The summed E-state index contributed by atoms with van der Waals surface area (Å²) < 4.78 is 0. The molecule has 80 valence electrons. The molecule has 0 heterocycles. The molecule has 1 unspecified atom stereocenters. The Morgan fingerprint density at radius 1 is 1.29 bits per heavy atom. The summed E-state index contributed by atoms with van der Waals surface area (Å²) in [6.45, 7) is 10.1. The van der Waals surface area contributed by atoms with Crippen molar-refractivity contribution >= 4 is 5.97 Å². The predicted octanol–water partition coefficient (Wildman–Crippen LogP) is 3.23. The van der Waals surface area contributed by atoms with Crippen LogP contribution in [0.25, 0.3) is 0 Å². The molecule has 0 amide bonds. The van der Waals surface area contributed by atoms with Crippen LogP contribution in [0.5, 0.6) is 0 Å². The second kappa shape index (κ2) is 3.11. The summed E-state index contributed by atoms with van der Waals surface area (Å²) in [5.41, 5.74) is 1.79. The van der Waals surface area contributed by atoms with Crippen LogP contribution in [-0.2, 0) is 4.79 Å². The molecule has 0 aliphatic heterocycles. The van der Waals surface area contributed by atoms with Crippen molar-refractivity contribution in [3.63, 3.8) is 0 Å². The van der Waals surface area contributed by atoms with Crippen molar-refractivity contribution in [2.45, 2.75) is 47.5 Å². The zero-order valence-corrected chi connectivity index (χ0v) is 9.77. The Labute approximate surface area is 86.0 Å². The van der Waals surface area contributed by atoms with Gasteiger partial charge in [-0.05, 0) is 33.6 Å². The molecule has 0 aromatic carbocycles. The minimum Gasteiger partial charge on any atom is -0.481 e. The summed E-state index contributed by atoms with van der Waals surface area (Å²) >= 11 is 0. The fourth-order valence-electron chi connectivity index (χ4n) is 2.58. The first-order chi connectivity index (χ1) is 6.23. The molecule has 1 aliphatic carbocycles. The van der Waals surface area contributed by atoms with E-state index in [-0.39, 0.29) is 5.41 Å². The molecule has 0 saturated heterocycles. The van der Waals surface area contributed by atoms with E-state index in [1.165, 1.54) is 11.1 Å². The average molecular weight is 196 g/mol. The molecule has 0 spiro atoms. The highest BCUT2D eigenvalue weighted by Crippen LogP contribution is 2.56. The zero-order chi connectivity index (χ0) is 11.1. The fraction of sp³-hybridized carbons (Fsp3) is 0.750. The van der Waals surface area contributed by atoms with Gasteiger partial charge in [-0.15, -0.1) is 0 Å². The Bertz CT molecular complexity index is 295. The standard InChI is InChI=1S/C12H20O2/c1-8(2)9-6-7-12(5,10(13)14)11(9,3)4/h6-7H2,1-5H3,(H,13,14).